The van der Waals surface area contributed by atoms with E-state index in [1.54, 1.807) is 18.2 Å². The SMILES string of the molecule is Cc1sc(-n2cnnn2)c(C(=O)Nc2cccc(O)c2)c1C. The molecule has 1 amide bonds. The van der Waals surface area contributed by atoms with Gasteiger partial charge in [-0.15, -0.1) is 16.4 Å². The van der Waals surface area contributed by atoms with Crippen LogP contribution in [0.3, 0.4) is 0 Å². The van der Waals surface area contributed by atoms with Crippen LogP contribution in [0.2, 0.25) is 0 Å². The fraction of sp³-hybridized carbons (Fsp3) is 0.143. The smallest absolute Gasteiger partial charge is 0.259 e. The van der Waals surface area contributed by atoms with Crippen LogP contribution in [-0.2, 0) is 0 Å². The van der Waals surface area contributed by atoms with E-state index in [2.05, 4.69) is 20.8 Å². The minimum absolute atomic E-state index is 0.0942. The standard InChI is InChI=1S/C14H13N5O2S/c1-8-9(2)22-14(19-7-15-17-18-19)12(8)13(21)16-10-4-3-5-11(20)6-10/h3-7,20H,1-2H3,(H,16,21). The van der Waals surface area contributed by atoms with Gasteiger partial charge in [0.25, 0.3) is 5.91 Å². The molecule has 0 aliphatic rings. The van der Waals surface area contributed by atoms with Crippen molar-refractivity contribution in [3.8, 4) is 10.8 Å². The first-order valence-corrected chi connectivity index (χ1v) is 7.31. The summed E-state index contributed by atoms with van der Waals surface area (Å²) >= 11 is 1.45. The van der Waals surface area contributed by atoms with Crippen LogP contribution < -0.4 is 5.32 Å². The Hall–Kier alpha value is -2.74. The molecule has 3 aromatic rings. The second-order valence-electron chi connectivity index (χ2n) is 4.72. The molecule has 0 unspecified atom stereocenters. The number of tetrazole rings is 1. The van der Waals surface area contributed by atoms with Crippen molar-refractivity contribution in [2.24, 2.45) is 0 Å². The minimum atomic E-state index is -0.266. The van der Waals surface area contributed by atoms with Crippen molar-refractivity contribution in [1.29, 1.82) is 0 Å². The molecule has 0 saturated carbocycles. The lowest BCUT2D eigenvalue weighted by Gasteiger charge is -2.07. The Morgan fingerprint density at radius 3 is 2.86 bits per heavy atom. The number of aryl methyl sites for hydroxylation is 1. The Morgan fingerprint density at radius 1 is 1.36 bits per heavy atom. The molecule has 0 aliphatic carbocycles. The number of nitrogens with zero attached hydrogens (tertiary/aromatic N) is 4. The summed E-state index contributed by atoms with van der Waals surface area (Å²) in [6.45, 7) is 3.83. The third-order valence-electron chi connectivity index (χ3n) is 3.25. The first kappa shape index (κ1) is 14.2. The molecule has 2 heterocycles. The third kappa shape index (κ3) is 2.56. The second kappa shape index (κ2) is 5.57. The molecule has 2 aromatic heterocycles. The summed E-state index contributed by atoms with van der Waals surface area (Å²) in [6, 6.07) is 6.41. The number of hydrogen-bond donors (Lipinski definition) is 2. The summed E-state index contributed by atoms with van der Waals surface area (Å²) in [5.74, 6) is -0.172. The number of anilines is 1. The van der Waals surface area contributed by atoms with Crippen LogP contribution >= 0.6 is 11.3 Å². The van der Waals surface area contributed by atoms with E-state index < -0.39 is 0 Å². The van der Waals surface area contributed by atoms with Crippen molar-refractivity contribution < 1.29 is 9.90 Å². The Morgan fingerprint density at radius 2 is 2.18 bits per heavy atom. The number of benzene rings is 1. The van der Waals surface area contributed by atoms with Gasteiger partial charge >= 0.3 is 0 Å². The van der Waals surface area contributed by atoms with Crippen LogP contribution in [0.5, 0.6) is 5.75 Å². The highest BCUT2D eigenvalue weighted by Crippen LogP contribution is 2.31. The van der Waals surface area contributed by atoms with Crippen LogP contribution in [0.25, 0.3) is 5.00 Å². The average Bonchev–Trinajstić information content (AvgIpc) is 3.08. The van der Waals surface area contributed by atoms with Gasteiger partial charge in [-0.05, 0) is 42.0 Å². The van der Waals surface area contributed by atoms with E-state index in [0.29, 0.717) is 16.3 Å². The predicted molar refractivity (Wildman–Crippen MR) is 82.6 cm³/mol. The molecule has 0 aliphatic heterocycles. The van der Waals surface area contributed by atoms with Crippen molar-refractivity contribution >= 4 is 22.9 Å². The number of phenolic OH excluding ortho intramolecular Hbond substituents is 1. The summed E-state index contributed by atoms with van der Waals surface area (Å²) in [7, 11) is 0. The molecule has 1 aromatic carbocycles. The van der Waals surface area contributed by atoms with E-state index in [1.165, 1.54) is 28.4 Å². The zero-order chi connectivity index (χ0) is 15.7. The van der Waals surface area contributed by atoms with Gasteiger partial charge in [0.1, 0.15) is 17.1 Å². The molecule has 8 heteroatoms. The Bertz CT molecular complexity index is 826. The highest BCUT2D eigenvalue weighted by atomic mass is 32.1. The fourth-order valence-electron chi connectivity index (χ4n) is 2.07. The van der Waals surface area contributed by atoms with E-state index in [1.807, 2.05) is 13.8 Å². The monoisotopic (exact) mass is 315 g/mol. The minimum Gasteiger partial charge on any atom is -0.508 e. The number of phenols is 1. The van der Waals surface area contributed by atoms with Gasteiger partial charge in [0.2, 0.25) is 0 Å². The quantitative estimate of drug-likeness (QED) is 0.773. The number of carbonyl (C=O) groups excluding carboxylic acids is 1. The first-order valence-electron chi connectivity index (χ1n) is 6.50. The number of amides is 1. The van der Waals surface area contributed by atoms with Gasteiger partial charge in [-0.3, -0.25) is 4.79 Å². The van der Waals surface area contributed by atoms with Crippen molar-refractivity contribution in [1.82, 2.24) is 20.2 Å². The zero-order valence-electron chi connectivity index (χ0n) is 11.9. The molecule has 0 fully saturated rings. The number of rotatable bonds is 3. The van der Waals surface area contributed by atoms with Crippen LogP contribution in [0.15, 0.2) is 30.6 Å². The van der Waals surface area contributed by atoms with E-state index in [9.17, 15) is 9.90 Å². The lowest BCUT2D eigenvalue weighted by atomic mass is 10.1. The van der Waals surface area contributed by atoms with Crippen LogP contribution in [0, 0.1) is 13.8 Å². The van der Waals surface area contributed by atoms with Crippen molar-refractivity contribution in [3.05, 3.63) is 46.6 Å². The number of thiophene rings is 1. The van der Waals surface area contributed by atoms with Gasteiger partial charge in [-0.25, -0.2) is 0 Å². The maximum absolute atomic E-state index is 12.6. The largest absolute Gasteiger partial charge is 0.508 e. The molecule has 0 radical (unpaired) electrons. The van der Waals surface area contributed by atoms with E-state index >= 15 is 0 Å². The molecule has 22 heavy (non-hydrogen) atoms. The molecule has 2 N–H and O–H groups in total. The average molecular weight is 315 g/mol. The highest BCUT2D eigenvalue weighted by Gasteiger charge is 2.21. The summed E-state index contributed by atoms with van der Waals surface area (Å²) < 4.78 is 1.47. The maximum atomic E-state index is 12.6. The molecule has 7 nitrogen and oxygen atoms in total. The molecule has 0 spiro atoms. The zero-order valence-corrected chi connectivity index (χ0v) is 12.8. The maximum Gasteiger partial charge on any atom is 0.259 e. The van der Waals surface area contributed by atoms with E-state index in [0.717, 1.165) is 10.4 Å². The molecular formula is C14H13N5O2S. The van der Waals surface area contributed by atoms with E-state index in [4.69, 9.17) is 0 Å². The molecular weight excluding hydrogens is 302 g/mol. The van der Waals surface area contributed by atoms with Crippen molar-refractivity contribution in [2.75, 3.05) is 5.32 Å². The third-order valence-corrected chi connectivity index (χ3v) is 4.45. The number of aromatic nitrogens is 4. The van der Waals surface area contributed by atoms with Crippen LogP contribution in [-0.4, -0.2) is 31.2 Å². The molecule has 112 valence electrons. The molecule has 0 saturated heterocycles. The Kier molecular flexibility index (Phi) is 3.60. The summed E-state index contributed by atoms with van der Waals surface area (Å²) in [5, 5.41) is 24.0. The number of hydrogen-bond acceptors (Lipinski definition) is 6. The van der Waals surface area contributed by atoms with E-state index in [-0.39, 0.29) is 11.7 Å². The van der Waals surface area contributed by atoms with Gasteiger partial charge in [0, 0.05) is 16.6 Å². The normalized spacial score (nSPS) is 10.6. The summed E-state index contributed by atoms with van der Waals surface area (Å²) in [6.07, 6.45) is 1.45. The predicted octanol–water partition coefficient (Wildman–Crippen LogP) is 2.30. The van der Waals surface area contributed by atoms with Gasteiger partial charge in [-0.1, -0.05) is 6.07 Å². The number of carbonyl (C=O) groups is 1. The number of nitrogens with one attached hydrogen (secondary N) is 1. The van der Waals surface area contributed by atoms with Crippen molar-refractivity contribution in [2.45, 2.75) is 13.8 Å². The summed E-state index contributed by atoms with van der Waals surface area (Å²) in [5.41, 5.74) is 1.93. The lowest BCUT2D eigenvalue weighted by molar-refractivity contribution is 0.102. The van der Waals surface area contributed by atoms with Gasteiger partial charge in [0.15, 0.2) is 0 Å². The molecule has 0 atom stereocenters. The first-order chi connectivity index (χ1) is 10.6. The fourth-order valence-corrected chi connectivity index (χ4v) is 3.14. The Balaban J connectivity index is 1.99. The number of aromatic hydroxyl groups is 1. The van der Waals surface area contributed by atoms with Crippen molar-refractivity contribution in [3.63, 3.8) is 0 Å². The molecule has 0 bridgehead atoms. The highest BCUT2D eigenvalue weighted by molar-refractivity contribution is 7.15. The lowest BCUT2D eigenvalue weighted by Crippen LogP contribution is -2.15. The van der Waals surface area contributed by atoms with Gasteiger partial charge in [0.05, 0.1) is 5.56 Å². The van der Waals surface area contributed by atoms with Gasteiger partial charge in [-0.2, -0.15) is 4.68 Å². The summed E-state index contributed by atoms with van der Waals surface area (Å²) in [4.78, 5) is 13.6. The Labute approximate surface area is 130 Å². The topological polar surface area (TPSA) is 92.9 Å². The van der Waals surface area contributed by atoms with Gasteiger partial charge < -0.3 is 10.4 Å². The second-order valence-corrected chi connectivity index (χ2v) is 5.93. The van der Waals surface area contributed by atoms with Crippen LogP contribution in [0.1, 0.15) is 20.8 Å². The van der Waals surface area contributed by atoms with Crippen LogP contribution in [0.4, 0.5) is 5.69 Å². The molecule has 3 rings (SSSR count).